The largest absolute Gasteiger partial charge is 0.507 e. The number of phenols is 1. The molecule has 0 atom stereocenters. The molecule has 0 bridgehead atoms. The second-order valence-electron chi connectivity index (χ2n) is 5.72. The Bertz CT molecular complexity index is 983. The van der Waals surface area contributed by atoms with E-state index in [0.29, 0.717) is 10.7 Å². The standard InChI is InChI=1S/C22H16N2OS/c25-19-14-8-7-13-18(19)15-23-22-24-20(16-9-3-1-4-10-16)21(26-22)17-11-5-2-6-12-17/h1-15,25H. The van der Waals surface area contributed by atoms with E-state index in [4.69, 9.17) is 4.98 Å². The first-order valence-electron chi connectivity index (χ1n) is 8.25. The molecule has 0 spiro atoms. The van der Waals surface area contributed by atoms with E-state index in [1.807, 2.05) is 48.5 Å². The lowest BCUT2D eigenvalue weighted by molar-refractivity contribution is 0.474. The summed E-state index contributed by atoms with van der Waals surface area (Å²) in [6, 6.07) is 27.5. The number of para-hydroxylation sites is 1. The van der Waals surface area contributed by atoms with Crippen molar-refractivity contribution < 1.29 is 5.11 Å². The zero-order valence-corrected chi connectivity index (χ0v) is 14.7. The molecule has 0 aliphatic heterocycles. The molecule has 0 saturated heterocycles. The van der Waals surface area contributed by atoms with Gasteiger partial charge in [-0.05, 0) is 17.7 Å². The molecule has 0 saturated carbocycles. The van der Waals surface area contributed by atoms with Crippen LogP contribution < -0.4 is 0 Å². The summed E-state index contributed by atoms with van der Waals surface area (Å²) < 4.78 is 0. The third kappa shape index (κ3) is 3.41. The molecule has 1 aromatic heterocycles. The normalized spacial score (nSPS) is 11.1. The van der Waals surface area contributed by atoms with Crippen molar-refractivity contribution in [1.82, 2.24) is 4.98 Å². The van der Waals surface area contributed by atoms with Gasteiger partial charge >= 0.3 is 0 Å². The maximum Gasteiger partial charge on any atom is 0.210 e. The van der Waals surface area contributed by atoms with Crippen molar-refractivity contribution in [3.05, 3.63) is 90.5 Å². The average Bonchev–Trinajstić information content (AvgIpc) is 3.13. The summed E-state index contributed by atoms with van der Waals surface area (Å²) in [4.78, 5) is 10.3. The summed E-state index contributed by atoms with van der Waals surface area (Å²) >= 11 is 1.54. The minimum absolute atomic E-state index is 0.208. The van der Waals surface area contributed by atoms with Crippen LogP contribution in [-0.4, -0.2) is 16.3 Å². The minimum Gasteiger partial charge on any atom is -0.507 e. The summed E-state index contributed by atoms with van der Waals surface area (Å²) in [5.41, 5.74) is 3.77. The van der Waals surface area contributed by atoms with Crippen molar-refractivity contribution in [1.29, 1.82) is 0 Å². The summed E-state index contributed by atoms with van der Waals surface area (Å²) in [7, 11) is 0. The fraction of sp³-hybridized carbons (Fsp3) is 0. The van der Waals surface area contributed by atoms with E-state index in [1.165, 1.54) is 0 Å². The molecular formula is C22H16N2OS. The predicted octanol–water partition coefficient (Wildman–Crippen LogP) is 5.93. The quantitative estimate of drug-likeness (QED) is 0.460. The van der Waals surface area contributed by atoms with E-state index < -0.39 is 0 Å². The third-order valence-corrected chi connectivity index (χ3v) is 4.96. The van der Waals surface area contributed by atoms with Crippen LogP contribution in [0, 0.1) is 0 Å². The fourth-order valence-corrected chi connectivity index (χ4v) is 3.60. The number of nitrogens with zero attached hydrogens (tertiary/aromatic N) is 2. The lowest BCUT2D eigenvalue weighted by Gasteiger charge is -2.02. The van der Waals surface area contributed by atoms with Crippen LogP contribution in [0.4, 0.5) is 5.13 Å². The van der Waals surface area contributed by atoms with Gasteiger partial charge in [0.1, 0.15) is 5.75 Å². The molecule has 1 N–H and O–H groups in total. The van der Waals surface area contributed by atoms with Crippen LogP contribution in [0.25, 0.3) is 21.7 Å². The third-order valence-electron chi connectivity index (χ3n) is 3.95. The van der Waals surface area contributed by atoms with Gasteiger partial charge in [0.25, 0.3) is 0 Å². The van der Waals surface area contributed by atoms with Gasteiger partial charge in [-0.15, -0.1) is 0 Å². The lowest BCUT2D eigenvalue weighted by Crippen LogP contribution is -1.82. The second kappa shape index (κ2) is 7.33. The highest BCUT2D eigenvalue weighted by Gasteiger charge is 2.14. The van der Waals surface area contributed by atoms with Gasteiger partial charge in [-0.3, -0.25) is 0 Å². The van der Waals surface area contributed by atoms with E-state index in [0.717, 1.165) is 21.7 Å². The summed E-state index contributed by atoms with van der Waals surface area (Å²) in [6.45, 7) is 0. The Morgan fingerprint density at radius 2 is 1.38 bits per heavy atom. The van der Waals surface area contributed by atoms with Crippen molar-refractivity contribution in [3.8, 4) is 27.4 Å². The van der Waals surface area contributed by atoms with E-state index in [2.05, 4.69) is 29.3 Å². The smallest absolute Gasteiger partial charge is 0.210 e. The SMILES string of the molecule is Oc1ccccc1C=Nc1nc(-c2ccccc2)c(-c2ccccc2)s1. The first-order valence-corrected chi connectivity index (χ1v) is 9.06. The molecule has 4 heteroatoms. The molecule has 0 unspecified atom stereocenters. The number of hydrogen-bond acceptors (Lipinski definition) is 4. The van der Waals surface area contributed by atoms with Crippen LogP contribution in [0.5, 0.6) is 5.75 Å². The molecule has 4 aromatic rings. The zero-order chi connectivity index (χ0) is 17.8. The molecule has 0 aliphatic rings. The number of aliphatic imine (C=N–C) groups is 1. The van der Waals surface area contributed by atoms with E-state index in [-0.39, 0.29) is 5.75 Å². The van der Waals surface area contributed by atoms with E-state index in [9.17, 15) is 5.11 Å². The summed E-state index contributed by atoms with van der Waals surface area (Å²) in [6.07, 6.45) is 1.65. The maximum atomic E-state index is 9.90. The highest BCUT2D eigenvalue weighted by molar-refractivity contribution is 7.19. The van der Waals surface area contributed by atoms with Crippen molar-refractivity contribution in [2.45, 2.75) is 0 Å². The number of phenolic OH excluding ortho intramolecular Hbond substituents is 1. The van der Waals surface area contributed by atoms with Crippen molar-refractivity contribution >= 4 is 22.7 Å². The summed E-state index contributed by atoms with van der Waals surface area (Å²) in [5.74, 6) is 0.208. The van der Waals surface area contributed by atoms with Gasteiger partial charge in [0, 0.05) is 17.3 Å². The Labute approximate surface area is 156 Å². The van der Waals surface area contributed by atoms with Gasteiger partial charge in [-0.25, -0.2) is 9.98 Å². The monoisotopic (exact) mass is 356 g/mol. The van der Waals surface area contributed by atoms with Gasteiger partial charge in [0.15, 0.2) is 0 Å². The second-order valence-corrected chi connectivity index (χ2v) is 6.70. The van der Waals surface area contributed by atoms with E-state index >= 15 is 0 Å². The number of thiazole rings is 1. The van der Waals surface area contributed by atoms with Crippen LogP contribution in [0.3, 0.4) is 0 Å². The van der Waals surface area contributed by atoms with Crippen LogP contribution >= 0.6 is 11.3 Å². The molecular weight excluding hydrogens is 340 g/mol. The number of aromatic hydroxyl groups is 1. The molecule has 0 radical (unpaired) electrons. The molecule has 3 nitrogen and oxygen atoms in total. The Hall–Kier alpha value is -3.24. The molecule has 126 valence electrons. The molecule has 4 rings (SSSR count). The molecule has 0 amide bonds. The van der Waals surface area contributed by atoms with Gasteiger partial charge < -0.3 is 5.11 Å². The minimum atomic E-state index is 0.208. The van der Waals surface area contributed by atoms with Crippen molar-refractivity contribution in [2.75, 3.05) is 0 Å². The molecule has 1 heterocycles. The number of hydrogen-bond donors (Lipinski definition) is 1. The fourth-order valence-electron chi connectivity index (χ4n) is 2.66. The lowest BCUT2D eigenvalue weighted by atomic mass is 10.1. The van der Waals surface area contributed by atoms with Crippen LogP contribution in [0.2, 0.25) is 0 Å². The van der Waals surface area contributed by atoms with Gasteiger partial charge in [-0.1, -0.05) is 84.1 Å². The Morgan fingerprint density at radius 3 is 2.08 bits per heavy atom. The molecule has 3 aromatic carbocycles. The Kier molecular flexibility index (Phi) is 4.58. The van der Waals surface area contributed by atoms with Crippen LogP contribution in [0.15, 0.2) is 89.9 Å². The number of benzene rings is 3. The number of aromatic nitrogens is 1. The molecule has 26 heavy (non-hydrogen) atoms. The van der Waals surface area contributed by atoms with Crippen LogP contribution in [-0.2, 0) is 0 Å². The van der Waals surface area contributed by atoms with E-state index in [1.54, 1.807) is 29.7 Å². The van der Waals surface area contributed by atoms with Crippen LogP contribution in [0.1, 0.15) is 5.56 Å². The van der Waals surface area contributed by atoms with Crippen molar-refractivity contribution in [2.24, 2.45) is 4.99 Å². The number of rotatable bonds is 4. The summed E-state index contributed by atoms with van der Waals surface area (Å²) in [5, 5.41) is 10.6. The predicted molar refractivity (Wildman–Crippen MR) is 108 cm³/mol. The van der Waals surface area contributed by atoms with Gasteiger partial charge in [-0.2, -0.15) is 0 Å². The zero-order valence-electron chi connectivity index (χ0n) is 13.9. The average molecular weight is 356 g/mol. The maximum absolute atomic E-state index is 9.90. The highest BCUT2D eigenvalue weighted by Crippen LogP contribution is 2.39. The molecule has 0 fully saturated rings. The Balaban J connectivity index is 1.78. The topological polar surface area (TPSA) is 45.5 Å². The molecule has 0 aliphatic carbocycles. The van der Waals surface area contributed by atoms with Gasteiger partial charge in [0.2, 0.25) is 5.13 Å². The van der Waals surface area contributed by atoms with Gasteiger partial charge in [0.05, 0.1) is 10.6 Å². The first kappa shape index (κ1) is 16.2. The van der Waals surface area contributed by atoms with Crippen molar-refractivity contribution in [3.63, 3.8) is 0 Å². The highest BCUT2D eigenvalue weighted by atomic mass is 32.1. The Morgan fingerprint density at radius 1 is 0.769 bits per heavy atom. The first-order chi connectivity index (χ1) is 12.8.